The Morgan fingerprint density at radius 1 is 0.862 bits per heavy atom. The number of carbonyl (C=O) groups excluding carboxylic acids is 1. The quantitative estimate of drug-likeness (QED) is 0.716. The maximum absolute atomic E-state index is 12.0. The molecule has 0 aromatic carbocycles. The first kappa shape index (κ1) is 27.9. The summed E-state index contributed by atoms with van der Waals surface area (Å²) >= 11 is 0. The molecule has 0 aromatic rings. The minimum atomic E-state index is -0.641. The fraction of sp³-hybridized carbons (Fsp3) is 0.913. The second-order valence-corrected chi connectivity index (χ2v) is 8.92. The SMILES string of the molecule is CC.CCN1CCC(C)(C(=O)NC(C)C)CC1.CCN1CCC(C)(C(=O)O)CC1. The molecule has 6 heteroatoms. The molecule has 172 valence electrons. The molecule has 6 nitrogen and oxygen atoms in total. The zero-order valence-electron chi connectivity index (χ0n) is 20.3. The van der Waals surface area contributed by atoms with E-state index in [0.29, 0.717) is 0 Å². The molecule has 29 heavy (non-hydrogen) atoms. The van der Waals surface area contributed by atoms with E-state index in [-0.39, 0.29) is 17.4 Å². The van der Waals surface area contributed by atoms with Gasteiger partial charge in [-0.1, -0.05) is 34.6 Å². The highest BCUT2D eigenvalue weighted by Gasteiger charge is 2.37. The first-order valence-corrected chi connectivity index (χ1v) is 11.6. The van der Waals surface area contributed by atoms with E-state index in [0.717, 1.165) is 65.0 Å². The standard InChI is InChI=1S/C12H24N2O.C9H17NO2.C2H6/c1-5-14-8-6-12(4,7-9-14)11(15)13-10(2)3;1-3-10-6-4-9(2,5-7-10)8(11)12;1-2/h10H,5-9H2,1-4H3,(H,13,15);3-7H2,1-2H3,(H,11,12);1-2H3. The third-order valence-electron chi connectivity index (χ3n) is 6.30. The number of likely N-dealkylation sites (tertiary alicyclic amines) is 2. The van der Waals surface area contributed by atoms with E-state index >= 15 is 0 Å². The van der Waals surface area contributed by atoms with Gasteiger partial charge in [0.25, 0.3) is 0 Å². The summed E-state index contributed by atoms with van der Waals surface area (Å²) in [7, 11) is 0. The molecule has 0 atom stereocenters. The number of aliphatic carboxylic acids is 1. The van der Waals surface area contributed by atoms with Gasteiger partial charge in [-0.2, -0.15) is 0 Å². The van der Waals surface area contributed by atoms with Crippen LogP contribution in [0.4, 0.5) is 0 Å². The third kappa shape index (κ3) is 9.04. The van der Waals surface area contributed by atoms with Crippen LogP contribution in [-0.2, 0) is 9.59 Å². The molecule has 2 saturated heterocycles. The summed E-state index contributed by atoms with van der Waals surface area (Å²) in [6.45, 7) is 22.4. The average Bonchev–Trinajstić information content (AvgIpc) is 2.70. The number of amides is 1. The summed E-state index contributed by atoms with van der Waals surface area (Å²) in [5.41, 5.74) is -0.610. The zero-order valence-corrected chi connectivity index (χ0v) is 20.3. The van der Waals surface area contributed by atoms with E-state index in [1.54, 1.807) is 0 Å². The van der Waals surface area contributed by atoms with E-state index in [1.165, 1.54) is 0 Å². The van der Waals surface area contributed by atoms with Crippen LogP contribution in [0.15, 0.2) is 0 Å². The molecule has 2 N–H and O–H groups in total. The summed E-state index contributed by atoms with van der Waals surface area (Å²) in [6.07, 6.45) is 3.55. The highest BCUT2D eigenvalue weighted by atomic mass is 16.4. The van der Waals surface area contributed by atoms with Crippen LogP contribution in [0.25, 0.3) is 0 Å². The van der Waals surface area contributed by atoms with Crippen LogP contribution in [0, 0.1) is 10.8 Å². The number of rotatable bonds is 5. The molecule has 0 saturated carbocycles. The molecule has 0 aromatic heterocycles. The smallest absolute Gasteiger partial charge is 0.309 e. The van der Waals surface area contributed by atoms with Crippen molar-refractivity contribution in [2.75, 3.05) is 39.3 Å². The van der Waals surface area contributed by atoms with Crippen molar-refractivity contribution in [3.05, 3.63) is 0 Å². The van der Waals surface area contributed by atoms with E-state index in [4.69, 9.17) is 5.11 Å². The zero-order chi connectivity index (χ0) is 22.7. The molecular weight excluding hydrogens is 366 g/mol. The van der Waals surface area contributed by atoms with E-state index in [1.807, 2.05) is 34.6 Å². The van der Waals surface area contributed by atoms with Gasteiger partial charge in [0, 0.05) is 11.5 Å². The van der Waals surface area contributed by atoms with Crippen LogP contribution in [0.1, 0.15) is 81.1 Å². The number of nitrogens with zero attached hydrogens (tertiary/aromatic N) is 2. The Morgan fingerprint density at radius 2 is 1.21 bits per heavy atom. The molecule has 2 rings (SSSR count). The number of nitrogens with one attached hydrogen (secondary N) is 1. The van der Waals surface area contributed by atoms with Crippen molar-refractivity contribution in [3.63, 3.8) is 0 Å². The Bertz CT molecular complexity index is 478. The third-order valence-corrected chi connectivity index (χ3v) is 6.30. The lowest BCUT2D eigenvalue weighted by Gasteiger charge is -2.38. The largest absolute Gasteiger partial charge is 0.481 e. The predicted molar refractivity (Wildman–Crippen MR) is 121 cm³/mol. The van der Waals surface area contributed by atoms with Crippen molar-refractivity contribution in [2.24, 2.45) is 10.8 Å². The number of carbonyl (C=O) groups is 2. The number of hydrogen-bond acceptors (Lipinski definition) is 4. The molecule has 0 radical (unpaired) electrons. The van der Waals surface area contributed by atoms with E-state index < -0.39 is 11.4 Å². The first-order valence-electron chi connectivity index (χ1n) is 11.6. The highest BCUT2D eigenvalue weighted by molar-refractivity contribution is 5.82. The van der Waals surface area contributed by atoms with Crippen molar-refractivity contribution < 1.29 is 14.7 Å². The molecule has 0 spiro atoms. The maximum atomic E-state index is 12.0. The van der Waals surface area contributed by atoms with Gasteiger partial charge in [0.05, 0.1) is 5.41 Å². The van der Waals surface area contributed by atoms with Gasteiger partial charge in [0.2, 0.25) is 5.91 Å². The van der Waals surface area contributed by atoms with Gasteiger partial charge < -0.3 is 20.2 Å². The second-order valence-electron chi connectivity index (χ2n) is 8.92. The number of piperidine rings is 2. The average molecular weight is 414 g/mol. The summed E-state index contributed by atoms with van der Waals surface area (Å²) in [5.74, 6) is -0.411. The molecule has 0 bridgehead atoms. The van der Waals surface area contributed by atoms with Crippen LogP contribution < -0.4 is 5.32 Å². The molecule has 2 aliphatic rings. The monoisotopic (exact) mass is 413 g/mol. The van der Waals surface area contributed by atoms with Crippen LogP contribution in [-0.4, -0.2) is 72.1 Å². The Labute approximate surface area is 179 Å². The summed E-state index contributed by atoms with van der Waals surface area (Å²) < 4.78 is 0. The minimum Gasteiger partial charge on any atom is -0.481 e. The molecule has 0 unspecified atom stereocenters. The van der Waals surface area contributed by atoms with E-state index in [2.05, 4.69) is 35.9 Å². The fourth-order valence-electron chi connectivity index (χ4n) is 3.60. The number of carboxylic acids is 1. The summed E-state index contributed by atoms with van der Waals surface area (Å²) in [4.78, 5) is 27.6. The van der Waals surface area contributed by atoms with Gasteiger partial charge in [-0.05, 0) is 85.7 Å². The Kier molecular flexibility index (Phi) is 12.7. The van der Waals surface area contributed by atoms with Crippen LogP contribution in [0.5, 0.6) is 0 Å². The van der Waals surface area contributed by atoms with Gasteiger partial charge in [-0.3, -0.25) is 9.59 Å². The lowest BCUT2D eigenvalue weighted by molar-refractivity contribution is -0.150. The lowest BCUT2D eigenvalue weighted by atomic mass is 9.79. The number of carboxylic acid groups (broad SMARTS) is 1. The Morgan fingerprint density at radius 3 is 1.48 bits per heavy atom. The normalized spacial score (nSPS) is 21.3. The highest BCUT2D eigenvalue weighted by Crippen LogP contribution is 2.31. The van der Waals surface area contributed by atoms with Gasteiger partial charge in [0.15, 0.2) is 0 Å². The number of hydrogen-bond donors (Lipinski definition) is 2. The van der Waals surface area contributed by atoms with Crippen molar-refractivity contribution >= 4 is 11.9 Å². The van der Waals surface area contributed by atoms with Crippen LogP contribution >= 0.6 is 0 Å². The molecule has 2 fully saturated rings. The van der Waals surface area contributed by atoms with Crippen molar-refractivity contribution in [3.8, 4) is 0 Å². The van der Waals surface area contributed by atoms with Gasteiger partial charge in [-0.15, -0.1) is 0 Å². The molecule has 2 aliphatic heterocycles. The second kappa shape index (κ2) is 13.2. The van der Waals surface area contributed by atoms with Crippen LogP contribution in [0.3, 0.4) is 0 Å². The van der Waals surface area contributed by atoms with Gasteiger partial charge in [0.1, 0.15) is 0 Å². The van der Waals surface area contributed by atoms with Crippen LogP contribution in [0.2, 0.25) is 0 Å². The molecule has 1 amide bonds. The lowest BCUT2D eigenvalue weighted by Crippen LogP contribution is -2.48. The molecule has 2 heterocycles. The maximum Gasteiger partial charge on any atom is 0.309 e. The molecular formula is C23H47N3O3. The summed E-state index contributed by atoms with van der Waals surface area (Å²) in [5, 5.41) is 12.0. The first-order chi connectivity index (χ1) is 13.6. The minimum absolute atomic E-state index is 0.143. The van der Waals surface area contributed by atoms with E-state index in [9.17, 15) is 9.59 Å². The molecule has 0 aliphatic carbocycles. The van der Waals surface area contributed by atoms with Gasteiger partial charge >= 0.3 is 5.97 Å². The predicted octanol–water partition coefficient (Wildman–Crippen LogP) is 3.85. The van der Waals surface area contributed by atoms with Crippen molar-refractivity contribution in [1.82, 2.24) is 15.1 Å². The van der Waals surface area contributed by atoms with Gasteiger partial charge in [-0.25, -0.2) is 0 Å². The Hall–Kier alpha value is -1.14. The fourth-order valence-corrected chi connectivity index (χ4v) is 3.60. The Balaban J connectivity index is 0.000000508. The summed E-state index contributed by atoms with van der Waals surface area (Å²) in [6, 6.07) is 0.249. The van der Waals surface area contributed by atoms with Crippen molar-refractivity contribution in [2.45, 2.75) is 87.1 Å². The topological polar surface area (TPSA) is 72.9 Å². The van der Waals surface area contributed by atoms with Crippen molar-refractivity contribution in [1.29, 1.82) is 0 Å².